The summed E-state index contributed by atoms with van der Waals surface area (Å²) in [5, 5.41) is 12.0. The quantitative estimate of drug-likeness (QED) is 0.926. The van der Waals surface area contributed by atoms with Crippen molar-refractivity contribution in [2.75, 3.05) is 24.7 Å². The van der Waals surface area contributed by atoms with E-state index in [0.29, 0.717) is 25.7 Å². The van der Waals surface area contributed by atoms with Crippen LogP contribution in [-0.4, -0.2) is 41.5 Å². The lowest BCUT2D eigenvalue weighted by atomic mass is 9.79. The van der Waals surface area contributed by atoms with Crippen LogP contribution in [0.15, 0.2) is 36.4 Å². The predicted octanol–water partition coefficient (Wildman–Crippen LogP) is 2.99. The molecule has 0 aliphatic carbocycles. The van der Waals surface area contributed by atoms with Crippen LogP contribution in [0.3, 0.4) is 0 Å². The van der Waals surface area contributed by atoms with Crippen LogP contribution < -0.4 is 4.90 Å². The molecule has 2 saturated heterocycles. The minimum absolute atomic E-state index is 0.145. The van der Waals surface area contributed by atoms with Gasteiger partial charge in [0.2, 0.25) is 0 Å². The van der Waals surface area contributed by atoms with Crippen LogP contribution in [0.1, 0.15) is 26.2 Å². The molecular weight excluding hydrogens is 288 g/mol. The van der Waals surface area contributed by atoms with Gasteiger partial charge < -0.3 is 14.7 Å². The minimum Gasteiger partial charge on any atom is -0.390 e. The summed E-state index contributed by atoms with van der Waals surface area (Å²) in [4.78, 5) is 7.23. The Morgan fingerprint density at radius 3 is 3.00 bits per heavy atom. The van der Waals surface area contributed by atoms with Crippen LogP contribution in [-0.2, 0) is 4.74 Å². The molecule has 0 amide bonds. The smallest absolute Gasteiger partial charge is 0.129 e. The number of aromatic nitrogens is 1. The van der Waals surface area contributed by atoms with Gasteiger partial charge in [-0.3, -0.25) is 0 Å². The summed E-state index contributed by atoms with van der Waals surface area (Å²) in [6, 6.07) is 12.8. The molecule has 3 heterocycles. The van der Waals surface area contributed by atoms with Crippen molar-refractivity contribution >= 4 is 16.7 Å². The molecule has 2 fully saturated rings. The van der Waals surface area contributed by atoms with Crippen LogP contribution >= 0.6 is 0 Å². The first-order chi connectivity index (χ1) is 11.1. The molecule has 0 saturated carbocycles. The second-order valence-electron chi connectivity index (χ2n) is 7.05. The van der Waals surface area contributed by atoms with Gasteiger partial charge >= 0.3 is 0 Å². The van der Waals surface area contributed by atoms with Crippen LogP contribution in [0.2, 0.25) is 0 Å². The van der Waals surface area contributed by atoms with Gasteiger partial charge in [0.25, 0.3) is 0 Å². The number of aliphatic hydroxyl groups is 1. The number of para-hydroxylation sites is 1. The van der Waals surface area contributed by atoms with E-state index in [1.165, 1.54) is 5.39 Å². The highest BCUT2D eigenvalue weighted by atomic mass is 16.5. The van der Waals surface area contributed by atoms with Gasteiger partial charge in [0.15, 0.2) is 0 Å². The number of rotatable bonds is 2. The lowest BCUT2D eigenvalue weighted by Crippen LogP contribution is -2.52. The second-order valence-corrected chi connectivity index (χ2v) is 7.05. The Hall–Kier alpha value is -1.65. The van der Waals surface area contributed by atoms with E-state index in [9.17, 15) is 5.11 Å². The van der Waals surface area contributed by atoms with Crippen molar-refractivity contribution in [2.45, 2.75) is 37.8 Å². The van der Waals surface area contributed by atoms with Crippen molar-refractivity contribution in [1.29, 1.82) is 0 Å². The third-order valence-electron chi connectivity index (χ3n) is 5.49. The zero-order valence-electron chi connectivity index (χ0n) is 13.6. The standard InChI is InChI=1S/C19H24N2O2/c1-19(22)10-12-23-13-15(19)17-7-4-11-21(17)18-9-8-14-5-2-3-6-16(14)20-18/h2-3,5-6,8-9,15,17,22H,4,7,10-13H2,1H3/t15-,17-,19+/m1/s1. The summed E-state index contributed by atoms with van der Waals surface area (Å²) in [6.45, 7) is 4.26. The molecule has 0 spiro atoms. The van der Waals surface area contributed by atoms with Gasteiger partial charge in [-0.05, 0) is 44.4 Å². The van der Waals surface area contributed by atoms with E-state index in [4.69, 9.17) is 9.72 Å². The van der Waals surface area contributed by atoms with Crippen LogP contribution in [0, 0.1) is 5.92 Å². The lowest BCUT2D eigenvalue weighted by molar-refractivity contribution is -0.108. The van der Waals surface area contributed by atoms with E-state index in [2.05, 4.69) is 29.2 Å². The summed E-state index contributed by atoms with van der Waals surface area (Å²) in [6.07, 6.45) is 2.96. The SMILES string of the molecule is C[C@]1(O)CCOC[C@@H]1[C@H]1CCCN1c1ccc2ccccc2n1. The van der Waals surface area contributed by atoms with Gasteiger partial charge in [-0.15, -0.1) is 0 Å². The highest BCUT2D eigenvalue weighted by Crippen LogP contribution is 2.37. The molecule has 4 heteroatoms. The molecule has 2 aromatic rings. The second kappa shape index (κ2) is 5.77. The topological polar surface area (TPSA) is 45.6 Å². The maximum Gasteiger partial charge on any atom is 0.129 e. The Balaban J connectivity index is 1.66. The first-order valence-electron chi connectivity index (χ1n) is 8.58. The Morgan fingerprint density at radius 2 is 2.13 bits per heavy atom. The predicted molar refractivity (Wildman–Crippen MR) is 91.7 cm³/mol. The molecule has 4 nitrogen and oxygen atoms in total. The number of anilines is 1. The largest absolute Gasteiger partial charge is 0.390 e. The van der Waals surface area contributed by atoms with E-state index >= 15 is 0 Å². The van der Waals surface area contributed by atoms with Crippen LogP contribution in [0.25, 0.3) is 10.9 Å². The van der Waals surface area contributed by atoms with Crippen LogP contribution in [0.4, 0.5) is 5.82 Å². The summed E-state index contributed by atoms with van der Waals surface area (Å²) < 4.78 is 5.68. The minimum atomic E-state index is -0.650. The molecule has 122 valence electrons. The van der Waals surface area contributed by atoms with Crippen molar-refractivity contribution in [3.8, 4) is 0 Å². The Bertz CT molecular complexity index is 701. The van der Waals surface area contributed by atoms with E-state index in [0.717, 1.165) is 30.7 Å². The van der Waals surface area contributed by atoms with Crippen molar-refractivity contribution in [1.82, 2.24) is 4.98 Å². The maximum atomic E-state index is 10.8. The molecule has 3 atom stereocenters. The van der Waals surface area contributed by atoms with Crippen molar-refractivity contribution in [2.24, 2.45) is 5.92 Å². The zero-order chi connectivity index (χ0) is 15.9. The number of ether oxygens (including phenoxy) is 1. The molecule has 4 rings (SSSR count). The van der Waals surface area contributed by atoms with Gasteiger partial charge in [-0.1, -0.05) is 18.2 Å². The van der Waals surface area contributed by atoms with Gasteiger partial charge in [0.1, 0.15) is 5.82 Å². The van der Waals surface area contributed by atoms with E-state index < -0.39 is 5.60 Å². The molecule has 23 heavy (non-hydrogen) atoms. The number of pyridine rings is 1. The lowest BCUT2D eigenvalue weighted by Gasteiger charge is -2.43. The summed E-state index contributed by atoms with van der Waals surface area (Å²) in [5.41, 5.74) is 0.379. The van der Waals surface area contributed by atoms with Crippen molar-refractivity contribution in [3.63, 3.8) is 0 Å². The third-order valence-corrected chi connectivity index (χ3v) is 5.49. The molecule has 2 aliphatic rings. The van der Waals surface area contributed by atoms with Crippen LogP contribution in [0.5, 0.6) is 0 Å². The number of fused-ring (bicyclic) bond motifs is 1. The molecule has 0 bridgehead atoms. The normalized spacial score (nSPS) is 31.7. The number of hydrogen-bond acceptors (Lipinski definition) is 4. The molecule has 1 aromatic carbocycles. The molecule has 0 unspecified atom stereocenters. The number of hydrogen-bond donors (Lipinski definition) is 1. The number of nitrogens with zero attached hydrogens (tertiary/aromatic N) is 2. The summed E-state index contributed by atoms with van der Waals surface area (Å²) in [7, 11) is 0. The van der Waals surface area contributed by atoms with Gasteiger partial charge in [0, 0.05) is 30.5 Å². The first-order valence-corrected chi connectivity index (χ1v) is 8.58. The van der Waals surface area contributed by atoms with Crippen molar-refractivity contribution in [3.05, 3.63) is 36.4 Å². The monoisotopic (exact) mass is 312 g/mol. The molecule has 0 radical (unpaired) electrons. The summed E-state index contributed by atoms with van der Waals surface area (Å²) in [5.74, 6) is 1.17. The maximum absolute atomic E-state index is 10.8. The fraction of sp³-hybridized carbons (Fsp3) is 0.526. The zero-order valence-corrected chi connectivity index (χ0v) is 13.6. The van der Waals surface area contributed by atoms with Crippen molar-refractivity contribution < 1.29 is 9.84 Å². The third kappa shape index (κ3) is 2.70. The van der Waals surface area contributed by atoms with Gasteiger partial charge in [0.05, 0.1) is 17.7 Å². The fourth-order valence-corrected chi connectivity index (χ4v) is 4.09. The molecule has 1 N–H and O–H groups in total. The fourth-order valence-electron chi connectivity index (χ4n) is 4.09. The Kier molecular flexibility index (Phi) is 3.74. The molecular formula is C19H24N2O2. The summed E-state index contributed by atoms with van der Waals surface area (Å²) >= 11 is 0. The first kappa shape index (κ1) is 14.9. The highest BCUT2D eigenvalue weighted by molar-refractivity contribution is 5.80. The van der Waals surface area contributed by atoms with E-state index in [1.807, 2.05) is 19.1 Å². The van der Waals surface area contributed by atoms with E-state index in [1.54, 1.807) is 0 Å². The van der Waals surface area contributed by atoms with E-state index in [-0.39, 0.29) is 5.92 Å². The highest BCUT2D eigenvalue weighted by Gasteiger charge is 2.44. The average Bonchev–Trinajstić information content (AvgIpc) is 3.03. The number of benzene rings is 1. The average molecular weight is 312 g/mol. The Labute approximate surface area is 137 Å². The molecule has 2 aliphatic heterocycles. The van der Waals surface area contributed by atoms with Gasteiger partial charge in [-0.2, -0.15) is 0 Å². The Morgan fingerprint density at radius 1 is 1.26 bits per heavy atom. The van der Waals surface area contributed by atoms with Gasteiger partial charge in [-0.25, -0.2) is 4.98 Å². The molecule has 1 aromatic heterocycles.